The third kappa shape index (κ3) is 6.68. The lowest BCUT2D eigenvalue weighted by Gasteiger charge is -2.26. The summed E-state index contributed by atoms with van der Waals surface area (Å²) in [7, 11) is 2.16. The molecule has 2 N–H and O–H groups in total. The van der Waals surface area contributed by atoms with Crippen molar-refractivity contribution < 1.29 is 0 Å². The van der Waals surface area contributed by atoms with Gasteiger partial charge < -0.3 is 15.2 Å². The maximum Gasteiger partial charge on any atom is 0.0732 e. The largest absolute Gasteiger partial charge is 0.399 e. The van der Waals surface area contributed by atoms with Crippen molar-refractivity contribution in [1.29, 1.82) is 0 Å². The molecule has 1 unspecified atom stereocenters. The highest BCUT2D eigenvalue weighted by Crippen LogP contribution is 2.53. The minimum absolute atomic E-state index is 0.0931. The Bertz CT molecular complexity index is 2080. The van der Waals surface area contributed by atoms with E-state index in [1.54, 1.807) is 0 Å². The second-order valence-electron chi connectivity index (χ2n) is 13.6. The number of nitrogens with zero attached hydrogens (tertiary/aromatic N) is 2. The summed E-state index contributed by atoms with van der Waals surface area (Å²) in [4.78, 5) is 2.45. The second-order valence-corrected chi connectivity index (χ2v) is 13.6. The molecule has 7 rings (SSSR count). The molecule has 1 aliphatic heterocycles. The fourth-order valence-electron chi connectivity index (χ4n) is 7.63. The zero-order valence-electron chi connectivity index (χ0n) is 30.4. The van der Waals surface area contributed by atoms with Crippen LogP contribution in [0.5, 0.6) is 0 Å². The maximum absolute atomic E-state index is 5.52. The Morgan fingerprint density at radius 3 is 2.27 bits per heavy atom. The highest BCUT2D eigenvalue weighted by atomic mass is 15.2. The third-order valence-corrected chi connectivity index (χ3v) is 10.4. The lowest BCUT2D eigenvalue weighted by Crippen LogP contribution is -2.27. The first-order valence-corrected chi connectivity index (χ1v) is 17.6. The summed E-state index contributed by atoms with van der Waals surface area (Å²) in [6.45, 7) is 23.8. The topological polar surface area (TPSA) is 34.2 Å². The molecule has 3 aromatic carbocycles. The number of para-hydroxylation sites is 2. The highest BCUT2D eigenvalue weighted by Gasteiger charge is 2.39. The number of hydrogen-bond donors (Lipinski definition) is 1. The van der Waals surface area contributed by atoms with Crippen molar-refractivity contribution >= 4 is 40.1 Å². The van der Waals surface area contributed by atoms with Crippen molar-refractivity contribution in [3.8, 4) is 0 Å². The molecule has 49 heavy (non-hydrogen) atoms. The standard InChI is InChI=1S/C22H22N2.C17H22.C7H9N/c1-4-9-20-18(5-2)19-13-12-16-14-15-24(17-10-7-6-8-11-17)21(16)22(19)23(20)3;1-6-12-9-10-16-14(11-12)13(7-2)15(8-3)17(16,4)5;1-6-4-2-3-5-7(6)8/h4-13H,1,14-15H2,2-3H3;7-8,10-12H,2-3,6,9H2,1,4-5H3;2-5H,8H2,1H3/b18-5-,20-9+;;. The van der Waals surface area contributed by atoms with E-state index in [1.165, 1.54) is 73.5 Å². The zero-order valence-corrected chi connectivity index (χ0v) is 30.4. The van der Waals surface area contributed by atoms with Crippen LogP contribution in [-0.4, -0.2) is 11.1 Å². The Labute approximate surface area is 294 Å². The zero-order chi connectivity index (χ0) is 35.3. The van der Waals surface area contributed by atoms with E-state index < -0.39 is 0 Å². The number of benzene rings is 3. The predicted octanol–water partition coefficient (Wildman–Crippen LogP) is 10.2. The molecule has 0 saturated carbocycles. The normalized spacial score (nSPS) is 18.1. The lowest BCUT2D eigenvalue weighted by molar-refractivity contribution is 0.554. The van der Waals surface area contributed by atoms with Gasteiger partial charge in [0.25, 0.3) is 0 Å². The van der Waals surface area contributed by atoms with Gasteiger partial charge in [0.2, 0.25) is 0 Å². The van der Waals surface area contributed by atoms with Gasteiger partial charge in [-0.05, 0) is 96.7 Å². The summed E-state index contributed by atoms with van der Waals surface area (Å²) in [5.41, 5.74) is 18.5. The van der Waals surface area contributed by atoms with Gasteiger partial charge in [-0.15, -0.1) is 0 Å². The number of allylic oxidation sites excluding steroid dienone is 9. The van der Waals surface area contributed by atoms with E-state index in [0.717, 1.165) is 24.2 Å². The third-order valence-electron chi connectivity index (χ3n) is 10.4. The Morgan fingerprint density at radius 1 is 0.959 bits per heavy atom. The van der Waals surface area contributed by atoms with Crippen molar-refractivity contribution in [3.05, 3.63) is 161 Å². The van der Waals surface area contributed by atoms with E-state index in [9.17, 15) is 0 Å². The molecule has 4 aromatic rings. The second kappa shape index (κ2) is 15.0. The first-order valence-electron chi connectivity index (χ1n) is 17.6. The summed E-state index contributed by atoms with van der Waals surface area (Å²) in [6, 6.07) is 23.1. The fraction of sp³-hybridized carbons (Fsp3) is 0.261. The fourth-order valence-corrected chi connectivity index (χ4v) is 7.63. The molecular formula is C46H53N3. The van der Waals surface area contributed by atoms with E-state index in [2.05, 4.69) is 131 Å². The van der Waals surface area contributed by atoms with Gasteiger partial charge in [-0.1, -0.05) is 125 Å². The summed E-state index contributed by atoms with van der Waals surface area (Å²) in [5, 5.41) is 3.82. The minimum atomic E-state index is 0.0931. The molecule has 0 spiro atoms. The quantitative estimate of drug-likeness (QED) is 0.219. The molecule has 0 bridgehead atoms. The Balaban J connectivity index is 0.000000162. The van der Waals surface area contributed by atoms with Crippen LogP contribution in [0.3, 0.4) is 0 Å². The number of anilines is 3. The molecule has 0 radical (unpaired) electrons. The van der Waals surface area contributed by atoms with Gasteiger partial charge in [0.05, 0.1) is 11.2 Å². The van der Waals surface area contributed by atoms with Crippen LogP contribution in [0.1, 0.15) is 51.7 Å². The van der Waals surface area contributed by atoms with Crippen molar-refractivity contribution in [2.75, 3.05) is 17.2 Å². The number of nitrogens with two attached hydrogens (primary N) is 1. The van der Waals surface area contributed by atoms with Gasteiger partial charge in [-0.3, -0.25) is 0 Å². The van der Waals surface area contributed by atoms with Gasteiger partial charge in [-0.25, -0.2) is 0 Å². The SMILES string of the molecule is C=C/C=c1\c(=C/C)c2ccc3c(c2n1C)N(c1ccccc1)CC3.C=CC1=C(C=C)C(C)(C)C2=CCC(CC)C=C21.Cc1ccccc1N. The average molecular weight is 648 g/mol. The molecule has 2 heterocycles. The molecule has 2 aliphatic carbocycles. The monoisotopic (exact) mass is 647 g/mol. The van der Waals surface area contributed by atoms with E-state index in [-0.39, 0.29) is 5.41 Å². The van der Waals surface area contributed by atoms with Crippen molar-refractivity contribution in [2.24, 2.45) is 18.4 Å². The number of fused-ring (bicyclic) bond motifs is 4. The molecular weight excluding hydrogens is 595 g/mol. The van der Waals surface area contributed by atoms with Gasteiger partial charge in [0, 0.05) is 46.3 Å². The van der Waals surface area contributed by atoms with E-state index in [4.69, 9.17) is 5.73 Å². The lowest BCUT2D eigenvalue weighted by atomic mass is 9.77. The number of hydrogen-bond acceptors (Lipinski definition) is 2. The predicted molar refractivity (Wildman–Crippen MR) is 215 cm³/mol. The number of aromatic nitrogens is 1. The van der Waals surface area contributed by atoms with Crippen LogP contribution in [0.2, 0.25) is 0 Å². The van der Waals surface area contributed by atoms with Crippen molar-refractivity contribution in [1.82, 2.24) is 4.57 Å². The van der Waals surface area contributed by atoms with Crippen LogP contribution >= 0.6 is 0 Å². The Morgan fingerprint density at radius 2 is 1.67 bits per heavy atom. The minimum Gasteiger partial charge on any atom is -0.399 e. The molecule has 1 atom stereocenters. The first-order chi connectivity index (χ1) is 23.6. The molecule has 0 amide bonds. The molecule has 3 aliphatic rings. The van der Waals surface area contributed by atoms with Gasteiger partial charge in [0.15, 0.2) is 0 Å². The van der Waals surface area contributed by atoms with Crippen LogP contribution in [0.15, 0.2) is 139 Å². The Kier molecular flexibility index (Phi) is 10.8. The van der Waals surface area contributed by atoms with Gasteiger partial charge in [0.1, 0.15) is 0 Å². The van der Waals surface area contributed by atoms with Crippen LogP contribution in [-0.2, 0) is 13.5 Å². The molecule has 252 valence electrons. The van der Waals surface area contributed by atoms with E-state index in [1.807, 2.05) is 49.4 Å². The van der Waals surface area contributed by atoms with Crippen molar-refractivity contribution in [2.45, 2.75) is 53.9 Å². The van der Waals surface area contributed by atoms with E-state index >= 15 is 0 Å². The summed E-state index contributed by atoms with van der Waals surface area (Å²) >= 11 is 0. The van der Waals surface area contributed by atoms with Crippen LogP contribution < -0.4 is 21.2 Å². The van der Waals surface area contributed by atoms with Crippen LogP contribution in [0.25, 0.3) is 23.1 Å². The number of rotatable bonds is 5. The van der Waals surface area contributed by atoms with Crippen LogP contribution in [0, 0.1) is 18.3 Å². The smallest absolute Gasteiger partial charge is 0.0732 e. The molecule has 0 fully saturated rings. The Hall–Kier alpha value is -5.02. The van der Waals surface area contributed by atoms with Gasteiger partial charge >= 0.3 is 0 Å². The van der Waals surface area contributed by atoms with Crippen LogP contribution in [0.4, 0.5) is 17.1 Å². The molecule has 1 aromatic heterocycles. The molecule has 0 saturated heterocycles. The number of nitrogen functional groups attached to an aromatic ring is 1. The average Bonchev–Trinajstić information content (AvgIpc) is 3.74. The maximum atomic E-state index is 5.52. The molecule has 3 heteroatoms. The highest BCUT2D eigenvalue weighted by molar-refractivity contribution is 5.98. The summed E-state index contributed by atoms with van der Waals surface area (Å²) in [5.74, 6) is 0.684. The molecule has 3 nitrogen and oxygen atoms in total. The van der Waals surface area contributed by atoms with E-state index in [0.29, 0.717) is 5.92 Å². The first kappa shape index (κ1) is 35.3. The number of aryl methyl sites for hydroxylation is 2. The van der Waals surface area contributed by atoms with Crippen molar-refractivity contribution in [3.63, 3.8) is 0 Å². The summed E-state index contributed by atoms with van der Waals surface area (Å²) in [6.07, 6.45) is 18.5. The summed E-state index contributed by atoms with van der Waals surface area (Å²) < 4.78 is 2.31. The van der Waals surface area contributed by atoms with Gasteiger partial charge in [-0.2, -0.15) is 0 Å².